The van der Waals surface area contributed by atoms with Crippen LogP contribution < -0.4 is 15.5 Å². The number of hydrogen-bond donors (Lipinski definition) is 3. The molecule has 39 heavy (non-hydrogen) atoms. The van der Waals surface area contributed by atoms with Gasteiger partial charge >= 0.3 is 0 Å². The molecule has 216 valence electrons. The second-order valence-corrected chi connectivity index (χ2v) is 11.6. The summed E-state index contributed by atoms with van der Waals surface area (Å²) in [7, 11) is 0. The molecule has 1 aromatic rings. The molecule has 3 aliphatic rings. The fourth-order valence-corrected chi connectivity index (χ4v) is 7.15. The summed E-state index contributed by atoms with van der Waals surface area (Å²) in [5.74, 6) is -2.31. The number of aliphatic hydroxyl groups is 1. The second-order valence-electron chi connectivity index (χ2n) is 11.6. The molecule has 3 aliphatic heterocycles. The molecule has 3 fully saturated rings. The number of rotatable bonds is 12. The molecule has 2 bridgehead atoms. The van der Waals surface area contributed by atoms with Crippen molar-refractivity contribution in [2.24, 2.45) is 17.8 Å². The highest BCUT2D eigenvalue weighted by atomic mass is 16.5. The molecular formula is C30H46N4O5. The van der Waals surface area contributed by atoms with Gasteiger partial charge in [0.2, 0.25) is 17.7 Å². The van der Waals surface area contributed by atoms with Crippen molar-refractivity contribution in [3.05, 3.63) is 24.3 Å². The van der Waals surface area contributed by atoms with E-state index in [-0.39, 0.29) is 30.2 Å². The molecule has 3 saturated heterocycles. The van der Waals surface area contributed by atoms with E-state index in [0.717, 1.165) is 31.6 Å². The van der Waals surface area contributed by atoms with Crippen molar-refractivity contribution in [2.75, 3.05) is 36.5 Å². The van der Waals surface area contributed by atoms with Gasteiger partial charge in [-0.2, -0.15) is 0 Å². The third-order valence-electron chi connectivity index (χ3n) is 9.40. The van der Waals surface area contributed by atoms with Crippen LogP contribution in [-0.2, 0) is 19.1 Å². The van der Waals surface area contributed by atoms with Crippen LogP contribution in [0.15, 0.2) is 24.3 Å². The van der Waals surface area contributed by atoms with E-state index in [1.54, 1.807) is 4.90 Å². The van der Waals surface area contributed by atoms with Crippen LogP contribution in [0.4, 0.5) is 11.4 Å². The number of nitrogens with one attached hydrogen (secondary N) is 2. The third-order valence-corrected chi connectivity index (χ3v) is 9.40. The lowest BCUT2D eigenvalue weighted by Crippen LogP contribution is -2.57. The SMILES string of the molecule is CCCNC(=O)[C@H]1[C@H]2C(=O)N([C@@H](CO)[C@@H](C)CC)C(C(=O)Nc3ccc(N(CC)CC)cc3)C23CC[C@]1(C)O3. The van der Waals surface area contributed by atoms with Crippen molar-refractivity contribution >= 4 is 29.1 Å². The summed E-state index contributed by atoms with van der Waals surface area (Å²) in [6.07, 6.45) is 2.60. The summed E-state index contributed by atoms with van der Waals surface area (Å²) in [5, 5.41) is 16.5. The van der Waals surface area contributed by atoms with Gasteiger partial charge in [0.1, 0.15) is 11.6 Å². The minimum atomic E-state index is -1.12. The van der Waals surface area contributed by atoms with Crippen LogP contribution in [0.1, 0.15) is 67.2 Å². The Kier molecular flexibility index (Phi) is 8.61. The van der Waals surface area contributed by atoms with Crippen LogP contribution in [0.5, 0.6) is 0 Å². The molecule has 9 nitrogen and oxygen atoms in total. The Hall–Kier alpha value is -2.65. The van der Waals surface area contributed by atoms with Gasteiger partial charge in [0.15, 0.2) is 0 Å². The zero-order valence-electron chi connectivity index (χ0n) is 24.3. The molecule has 0 aromatic heterocycles. The van der Waals surface area contributed by atoms with E-state index in [1.165, 1.54) is 0 Å². The highest BCUT2D eigenvalue weighted by Crippen LogP contribution is 2.63. The molecule has 1 aromatic carbocycles. The highest BCUT2D eigenvalue weighted by molar-refractivity contribution is 6.04. The lowest BCUT2D eigenvalue weighted by atomic mass is 9.66. The number of benzene rings is 1. The normalized spacial score (nSPS) is 30.7. The number of carbonyl (C=O) groups excluding carboxylic acids is 3. The van der Waals surface area contributed by atoms with E-state index in [9.17, 15) is 19.5 Å². The molecule has 1 spiro atoms. The van der Waals surface area contributed by atoms with Gasteiger partial charge in [-0.15, -0.1) is 0 Å². The Balaban J connectivity index is 1.72. The Morgan fingerprint density at radius 2 is 1.79 bits per heavy atom. The van der Waals surface area contributed by atoms with Gasteiger partial charge in [0, 0.05) is 31.0 Å². The van der Waals surface area contributed by atoms with E-state index in [0.29, 0.717) is 25.1 Å². The maximum atomic E-state index is 14.2. The first kappa shape index (κ1) is 29.3. The van der Waals surface area contributed by atoms with Gasteiger partial charge in [-0.1, -0.05) is 27.2 Å². The summed E-state index contributed by atoms with van der Waals surface area (Å²) < 4.78 is 6.67. The van der Waals surface area contributed by atoms with E-state index >= 15 is 0 Å². The van der Waals surface area contributed by atoms with Crippen LogP contribution >= 0.6 is 0 Å². The summed E-state index contributed by atoms with van der Waals surface area (Å²) in [4.78, 5) is 45.6. The fourth-order valence-electron chi connectivity index (χ4n) is 7.15. The van der Waals surface area contributed by atoms with E-state index in [1.807, 2.05) is 52.0 Å². The molecule has 0 saturated carbocycles. The van der Waals surface area contributed by atoms with E-state index in [2.05, 4.69) is 29.4 Å². The number of nitrogens with zero attached hydrogens (tertiary/aromatic N) is 2. The highest BCUT2D eigenvalue weighted by Gasteiger charge is 2.78. The molecule has 3 N–H and O–H groups in total. The number of carbonyl (C=O) groups is 3. The topological polar surface area (TPSA) is 111 Å². The van der Waals surface area contributed by atoms with Crippen molar-refractivity contribution in [3.63, 3.8) is 0 Å². The Morgan fingerprint density at radius 1 is 1.13 bits per heavy atom. The second kappa shape index (κ2) is 11.5. The van der Waals surface area contributed by atoms with Gasteiger partial charge in [-0.25, -0.2) is 0 Å². The van der Waals surface area contributed by atoms with Crippen molar-refractivity contribution in [2.45, 2.75) is 90.5 Å². The smallest absolute Gasteiger partial charge is 0.250 e. The number of aliphatic hydroxyl groups excluding tert-OH is 1. The van der Waals surface area contributed by atoms with Gasteiger partial charge in [-0.3, -0.25) is 14.4 Å². The van der Waals surface area contributed by atoms with Gasteiger partial charge in [0.25, 0.3) is 0 Å². The van der Waals surface area contributed by atoms with Crippen LogP contribution in [0.25, 0.3) is 0 Å². The number of amides is 3. The van der Waals surface area contributed by atoms with Crippen LogP contribution in [0, 0.1) is 17.8 Å². The predicted molar refractivity (Wildman–Crippen MR) is 151 cm³/mol. The molecule has 0 radical (unpaired) electrons. The quantitative estimate of drug-likeness (QED) is 0.374. The zero-order valence-corrected chi connectivity index (χ0v) is 24.3. The molecule has 9 heteroatoms. The first-order chi connectivity index (χ1) is 18.6. The molecule has 4 rings (SSSR count). The summed E-state index contributed by atoms with van der Waals surface area (Å²) in [6, 6.07) is 6.19. The molecule has 7 atom stereocenters. The van der Waals surface area contributed by atoms with Crippen molar-refractivity contribution in [1.29, 1.82) is 0 Å². The van der Waals surface area contributed by atoms with Crippen molar-refractivity contribution in [3.8, 4) is 0 Å². The Bertz CT molecular complexity index is 1060. The minimum Gasteiger partial charge on any atom is -0.394 e. The standard InChI is InChI=1S/C30H46N4O5/c1-7-17-31-26(36)23-24-28(38)34(22(18-35)19(5)8-2)25(30(24)16-15-29(23,6)39-30)27(37)32-20-11-13-21(14-12-20)33(9-3)10-4/h11-14,19,22-25,35H,7-10,15-18H2,1-6H3,(H,31,36)(H,32,37)/t19-,22-,23+,24-,25?,29-,30?/m0/s1. The average molecular weight is 543 g/mol. The molecular weight excluding hydrogens is 496 g/mol. The van der Waals surface area contributed by atoms with Gasteiger partial charge in [-0.05, 0) is 70.2 Å². The summed E-state index contributed by atoms with van der Waals surface area (Å²) >= 11 is 0. The monoisotopic (exact) mass is 542 g/mol. The van der Waals surface area contributed by atoms with E-state index in [4.69, 9.17) is 4.74 Å². The number of ether oxygens (including phenoxy) is 1. The lowest BCUT2D eigenvalue weighted by molar-refractivity contribution is -0.149. The fraction of sp³-hybridized carbons (Fsp3) is 0.700. The van der Waals surface area contributed by atoms with Gasteiger partial charge < -0.3 is 30.3 Å². The predicted octanol–water partition coefficient (Wildman–Crippen LogP) is 3.17. The maximum absolute atomic E-state index is 14.2. The first-order valence-corrected chi connectivity index (χ1v) is 14.7. The van der Waals surface area contributed by atoms with Crippen molar-refractivity contribution in [1.82, 2.24) is 10.2 Å². The number of anilines is 2. The number of likely N-dealkylation sites (tertiary alicyclic amines) is 1. The minimum absolute atomic E-state index is 0.0435. The number of hydrogen-bond acceptors (Lipinski definition) is 6. The zero-order chi connectivity index (χ0) is 28.5. The van der Waals surface area contributed by atoms with Crippen molar-refractivity contribution < 1.29 is 24.2 Å². The Morgan fingerprint density at radius 3 is 2.36 bits per heavy atom. The van der Waals surface area contributed by atoms with Crippen LogP contribution in [0.3, 0.4) is 0 Å². The van der Waals surface area contributed by atoms with Gasteiger partial charge in [0.05, 0.1) is 30.1 Å². The maximum Gasteiger partial charge on any atom is 0.250 e. The average Bonchev–Trinajstić information content (AvgIpc) is 3.50. The Labute approximate surface area is 232 Å². The van der Waals surface area contributed by atoms with Crippen LogP contribution in [0.2, 0.25) is 0 Å². The molecule has 0 aliphatic carbocycles. The first-order valence-electron chi connectivity index (χ1n) is 14.7. The summed E-state index contributed by atoms with van der Waals surface area (Å²) in [5.41, 5.74) is -0.243. The van der Waals surface area contributed by atoms with E-state index < -0.39 is 35.1 Å². The lowest BCUT2D eigenvalue weighted by Gasteiger charge is -2.39. The number of fused-ring (bicyclic) bond motifs is 1. The molecule has 2 unspecified atom stereocenters. The van der Waals surface area contributed by atoms with Crippen LogP contribution in [-0.4, -0.2) is 77.3 Å². The molecule has 3 amide bonds. The third kappa shape index (κ3) is 4.82. The molecule has 3 heterocycles. The largest absolute Gasteiger partial charge is 0.394 e. The summed E-state index contributed by atoms with van der Waals surface area (Å²) in [6.45, 7) is 14.1.